The van der Waals surface area contributed by atoms with Crippen molar-refractivity contribution in [2.75, 3.05) is 36.2 Å². The number of aromatic nitrogens is 5. The van der Waals surface area contributed by atoms with E-state index in [2.05, 4.69) is 51.5 Å². The fourth-order valence-electron chi connectivity index (χ4n) is 5.38. The lowest BCUT2D eigenvalue weighted by Crippen LogP contribution is -2.44. The Labute approximate surface area is 338 Å². The summed E-state index contributed by atoms with van der Waals surface area (Å²) in [4.78, 5) is 70.9. The van der Waals surface area contributed by atoms with Gasteiger partial charge < -0.3 is 40.8 Å². The standard InChI is InChI=1S/C38H34ClF3N10O7/c1-57-33(56)28(14-18-44-31(54)32(55)46-26-12-13-29(45-19-26)59-27-3-2-17-43-20-27)48-30(53)22-4-10-25(11-5-22)47-34-49-35(51-36(50-34)58-21-38(40,41)42)52-37(15-16-37)23-6-8-24(39)9-7-23/h2-13,17,19-20,28H,14-16,18,21H2,1H3,(H,44,54)(H,46,55)(H,48,53)(H2,47,49,50,51,52)/t28-/m1/s1. The van der Waals surface area contributed by atoms with Gasteiger partial charge in [0.1, 0.15) is 11.8 Å². The molecule has 6 rings (SSSR count). The molecular weight excluding hydrogens is 801 g/mol. The number of nitrogens with one attached hydrogen (secondary N) is 5. The van der Waals surface area contributed by atoms with Gasteiger partial charge in [0, 0.05) is 35.1 Å². The summed E-state index contributed by atoms with van der Waals surface area (Å²) < 4.78 is 54.1. The zero-order valence-electron chi connectivity index (χ0n) is 30.9. The normalized spacial score (nSPS) is 13.2. The lowest BCUT2D eigenvalue weighted by atomic mass is 10.1. The minimum Gasteiger partial charge on any atom is -0.467 e. The molecule has 0 bridgehead atoms. The average Bonchev–Trinajstić information content (AvgIpc) is 4.00. The Morgan fingerprint density at radius 2 is 1.61 bits per heavy atom. The van der Waals surface area contributed by atoms with E-state index in [-0.39, 0.29) is 42.0 Å². The van der Waals surface area contributed by atoms with Crippen LogP contribution in [0.4, 0.5) is 36.4 Å². The molecule has 3 aromatic heterocycles. The Bertz CT molecular complexity index is 2270. The van der Waals surface area contributed by atoms with Crippen LogP contribution in [-0.2, 0) is 24.7 Å². The second-order valence-electron chi connectivity index (χ2n) is 12.8. The minimum absolute atomic E-state index is 0.0376. The number of methoxy groups -OCH3 is 1. The number of halogens is 4. The van der Waals surface area contributed by atoms with Crippen LogP contribution in [0.2, 0.25) is 5.02 Å². The van der Waals surface area contributed by atoms with Gasteiger partial charge in [-0.2, -0.15) is 28.1 Å². The summed E-state index contributed by atoms with van der Waals surface area (Å²) >= 11 is 6.03. The minimum atomic E-state index is -4.65. The number of hydrogen-bond acceptors (Lipinski definition) is 14. The molecule has 0 unspecified atom stereocenters. The second-order valence-corrected chi connectivity index (χ2v) is 13.2. The molecule has 17 nitrogen and oxygen atoms in total. The molecule has 1 aliphatic rings. The van der Waals surface area contributed by atoms with Crippen LogP contribution in [0.25, 0.3) is 0 Å². The first kappa shape index (κ1) is 41.5. The average molecular weight is 835 g/mol. The summed E-state index contributed by atoms with van der Waals surface area (Å²) in [5.41, 5.74) is 0.997. The Hall–Kier alpha value is -7.09. The number of esters is 1. The van der Waals surface area contributed by atoms with E-state index in [4.69, 9.17) is 25.8 Å². The van der Waals surface area contributed by atoms with Crippen LogP contribution in [0.15, 0.2) is 91.4 Å². The van der Waals surface area contributed by atoms with Gasteiger partial charge in [-0.1, -0.05) is 23.7 Å². The first-order valence-electron chi connectivity index (χ1n) is 17.7. The summed E-state index contributed by atoms with van der Waals surface area (Å²) in [5, 5.41) is 13.9. The summed E-state index contributed by atoms with van der Waals surface area (Å²) in [7, 11) is 1.12. The van der Waals surface area contributed by atoms with Gasteiger partial charge in [-0.15, -0.1) is 0 Å². The van der Waals surface area contributed by atoms with Crippen LogP contribution in [0, 0.1) is 0 Å². The van der Waals surface area contributed by atoms with Gasteiger partial charge in [-0.25, -0.2) is 9.78 Å². The molecule has 5 aromatic rings. The van der Waals surface area contributed by atoms with Crippen molar-refractivity contribution in [1.29, 1.82) is 0 Å². The van der Waals surface area contributed by atoms with Crippen LogP contribution in [0.3, 0.4) is 0 Å². The first-order chi connectivity index (χ1) is 28.3. The van der Waals surface area contributed by atoms with E-state index in [9.17, 15) is 32.3 Å². The van der Waals surface area contributed by atoms with Crippen LogP contribution in [-0.4, -0.2) is 81.1 Å². The number of pyridine rings is 2. The number of nitrogens with zero attached hydrogens (tertiary/aromatic N) is 5. The molecule has 5 N–H and O–H groups in total. The van der Waals surface area contributed by atoms with E-state index in [0.29, 0.717) is 29.3 Å². The zero-order chi connectivity index (χ0) is 42.0. The highest BCUT2D eigenvalue weighted by atomic mass is 35.5. The SMILES string of the molecule is COC(=O)[C@@H](CCNC(=O)C(=O)Nc1ccc(Oc2cccnc2)nc1)NC(=O)c1ccc(Nc2nc(NC3(c4ccc(Cl)cc4)CC3)nc(OCC(F)(F)F)n2)cc1. The van der Waals surface area contributed by atoms with Crippen molar-refractivity contribution in [1.82, 2.24) is 35.6 Å². The molecule has 21 heteroatoms. The Morgan fingerprint density at radius 1 is 0.881 bits per heavy atom. The molecule has 2 aromatic carbocycles. The molecule has 0 spiro atoms. The second kappa shape index (κ2) is 18.4. The van der Waals surface area contributed by atoms with Crippen molar-refractivity contribution >= 4 is 58.6 Å². The van der Waals surface area contributed by atoms with Crippen molar-refractivity contribution in [2.45, 2.75) is 37.0 Å². The topological polar surface area (TPSA) is 221 Å². The molecule has 0 aliphatic heterocycles. The number of alkyl halides is 3. The molecule has 306 valence electrons. The maximum Gasteiger partial charge on any atom is 0.422 e. The smallest absolute Gasteiger partial charge is 0.422 e. The van der Waals surface area contributed by atoms with Gasteiger partial charge in [0.15, 0.2) is 6.61 Å². The molecular formula is C38H34ClF3N10O7. The quantitative estimate of drug-likeness (QED) is 0.0629. The number of amides is 3. The predicted octanol–water partition coefficient (Wildman–Crippen LogP) is 5.31. The van der Waals surface area contributed by atoms with E-state index in [1.54, 1.807) is 30.5 Å². The fourth-order valence-corrected chi connectivity index (χ4v) is 5.51. The number of hydrogen-bond donors (Lipinski definition) is 5. The predicted molar refractivity (Wildman–Crippen MR) is 205 cm³/mol. The number of carbonyl (C=O) groups excluding carboxylic acids is 4. The van der Waals surface area contributed by atoms with Crippen LogP contribution in [0.1, 0.15) is 35.2 Å². The molecule has 59 heavy (non-hydrogen) atoms. The lowest BCUT2D eigenvalue weighted by molar-refractivity contribution is -0.154. The van der Waals surface area contributed by atoms with Crippen molar-refractivity contribution in [3.05, 3.63) is 108 Å². The Balaban J connectivity index is 1.03. The molecule has 3 amide bonds. The summed E-state index contributed by atoms with van der Waals surface area (Å²) in [6.07, 6.45) is 1.01. The van der Waals surface area contributed by atoms with Crippen molar-refractivity contribution < 1.29 is 46.6 Å². The molecule has 1 aliphatic carbocycles. The first-order valence-corrected chi connectivity index (χ1v) is 18.0. The van der Waals surface area contributed by atoms with Crippen molar-refractivity contribution in [3.63, 3.8) is 0 Å². The number of rotatable bonds is 16. The largest absolute Gasteiger partial charge is 0.467 e. The van der Waals surface area contributed by atoms with E-state index in [0.717, 1.165) is 12.7 Å². The van der Waals surface area contributed by atoms with Gasteiger partial charge >= 0.3 is 30.0 Å². The Kier molecular flexibility index (Phi) is 13.0. The van der Waals surface area contributed by atoms with Gasteiger partial charge in [-0.05, 0) is 79.4 Å². The summed E-state index contributed by atoms with van der Waals surface area (Å²) in [5.74, 6) is -2.98. The van der Waals surface area contributed by atoms with E-state index in [1.165, 1.54) is 48.8 Å². The number of benzene rings is 2. The third-order valence-electron chi connectivity index (χ3n) is 8.45. The van der Waals surface area contributed by atoms with E-state index >= 15 is 0 Å². The van der Waals surface area contributed by atoms with Crippen LogP contribution in [0.5, 0.6) is 17.6 Å². The van der Waals surface area contributed by atoms with E-state index in [1.807, 2.05) is 12.1 Å². The monoisotopic (exact) mass is 834 g/mol. The highest BCUT2D eigenvalue weighted by molar-refractivity contribution is 6.39. The number of ether oxygens (including phenoxy) is 3. The molecule has 3 heterocycles. The molecule has 1 fully saturated rings. The van der Waals surface area contributed by atoms with Gasteiger partial charge in [-0.3, -0.25) is 19.4 Å². The summed E-state index contributed by atoms with van der Waals surface area (Å²) in [6, 6.07) is 17.4. The fraction of sp³-hybridized carbons (Fsp3) is 0.237. The van der Waals surface area contributed by atoms with Crippen molar-refractivity contribution in [2.24, 2.45) is 0 Å². The third-order valence-corrected chi connectivity index (χ3v) is 8.70. The lowest BCUT2D eigenvalue weighted by Gasteiger charge is -2.19. The van der Waals surface area contributed by atoms with Crippen LogP contribution < -0.4 is 36.1 Å². The zero-order valence-corrected chi connectivity index (χ0v) is 31.6. The maximum atomic E-state index is 13.1. The molecule has 0 saturated heterocycles. The van der Waals surface area contributed by atoms with Crippen LogP contribution >= 0.6 is 11.6 Å². The number of anilines is 4. The molecule has 1 saturated carbocycles. The third kappa shape index (κ3) is 12.0. The maximum absolute atomic E-state index is 13.1. The Morgan fingerprint density at radius 3 is 2.25 bits per heavy atom. The molecule has 0 radical (unpaired) electrons. The summed E-state index contributed by atoms with van der Waals surface area (Å²) in [6.45, 7) is -1.82. The highest BCUT2D eigenvalue weighted by Crippen LogP contribution is 2.48. The van der Waals surface area contributed by atoms with E-state index < -0.39 is 54.1 Å². The number of carbonyl (C=O) groups is 4. The van der Waals surface area contributed by atoms with Crippen molar-refractivity contribution in [3.8, 4) is 17.6 Å². The van der Waals surface area contributed by atoms with Gasteiger partial charge in [0.2, 0.25) is 17.8 Å². The molecule has 1 atom stereocenters. The van der Waals surface area contributed by atoms with Gasteiger partial charge in [0.25, 0.3) is 5.91 Å². The highest BCUT2D eigenvalue weighted by Gasteiger charge is 2.45. The van der Waals surface area contributed by atoms with Gasteiger partial charge in [0.05, 0.1) is 30.7 Å².